The molecule has 356 valence electrons. The monoisotopic (exact) mass is 1410 g/mol. The Morgan fingerprint density at radius 2 is 0.750 bits per heavy atom. The number of cyclic esters (lactones) is 2. The van der Waals surface area contributed by atoms with E-state index >= 15 is 0 Å². The number of hydrogen-bond acceptors (Lipinski definition) is 20. The van der Waals surface area contributed by atoms with E-state index in [1.807, 2.05) is 37.7 Å². The second kappa shape index (κ2) is 32.9. The number of rotatable bonds is 5. The average Bonchev–Trinajstić information content (AvgIpc) is 3.36. The Kier molecular flexibility index (Phi) is 39.3. The molecule has 0 amide bonds. The van der Waals surface area contributed by atoms with E-state index in [9.17, 15) is 28.8 Å². The predicted molar refractivity (Wildman–Crippen MR) is 238 cm³/mol. The Balaban J connectivity index is -0.000000451. The minimum Gasteiger partial charge on any atom is -0.818 e. The first kappa shape index (κ1) is 81.1. The van der Waals surface area contributed by atoms with Gasteiger partial charge in [0, 0.05) is 119 Å². The fourth-order valence-corrected chi connectivity index (χ4v) is 44.3. The Labute approximate surface area is 568 Å². The van der Waals surface area contributed by atoms with Gasteiger partial charge in [-0.05, 0) is 55.6 Å². The molecule has 0 aliphatic carbocycles. The van der Waals surface area contributed by atoms with Crippen LogP contribution in [0.15, 0.2) is 42.5 Å². The van der Waals surface area contributed by atoms with Gasteiger partial charge in [0.2, 0.25) is 35.2 Å². The third-order valence-electron chi connectivity index (χ3n) is 7.95. The van der Waals surface area contributed by atoms with Crippen molar-refractivity contribution in [3.8, 4) is 0 Å². The van der Waals surface area contributed by atoms with Gasteiger partial charge >= 0.3 is 189 Å². The average molecular weight is 1410 g/mol. The first-order chi connectivity index (χ1) is 28.0. The van der Waals surface area contributed by atoms with Crippen LogP contribution < -0.4 is 148 Å². The van der Waals surface area contributed by atoms with Crippen LogP contribution in [0.25, 0.3) is 0 Å². The number of esters is 2. The van der Waals surface area contributed by atoms with Crippen molar-refractivity contribution >= 4 is 161 Å². The summed E-state index contributed by atoms with van der Waals surface area (Å²) in [5, 5.41) is 1.72. The first-order valence-electron chi connectivity index (χ1n) is 17.9. The van der Waals surface area contributed by atoms with E-state index in [1.165, 1.54) is 43.9 Å². The molecule has 0 saturated carbocycles. The summed E-state index contributed by atoms with van der Waals surface area (Å²) in [6, 6.07) is 12.6. The van der Waals surface area contributed by atoms with E-state index in [4.69, 9.17) is 98.7 Å². The van der Waals surface area contributed by atoms with Crippen LogP contribution in [0.3, 0.4) is 0 Å². The largest absolute Gasteiger partial charge is 1.00 e. The van der Waals surface area contributed by atoms with E-state index in [2.05, 4.69) is 4.74 Å². The third-order valence-corrected chi connectivity index (χ3v) is 44.0. The maximum atomic E-state index is 13.1. The molecular formula is C27H46Cl4Na4O20Si11Y2. The normalized spacial score (nSPS) is 32.6. The first-order valence-corrected chi connectivity index (χ1v) is 44.9. The molecule has 68 heavy (non-hydrogen) atoms. The molecule has 7 aliphatic rings. The van der Waals surface area contributed by atoms with Crippen LogP contribution >= 0.6 is 44.3 Å². The molecule has 6 saturated heterocycles. The van der Waals surface area contributed by atoms with E-state index in [0.717, 1.165) is 31.4 Å². The number of fused-ring (bicyclic) bond motifs is 1. The zero-order valence-corrected chi connectivity index (χ0v) is 68.6. The SMILES string of the molecule is CO[Si](C)(OC)OC.C[Si]1([O-])O[Si]2(C)O[Si](C)([O-])O[Si](C)(O1)O[Si]1(C)O[Si](C)([O-])O[Si](C)(O[Si](C)([O-])O1)O2.Cc1ccc([Si](Cl)Cl)cc1.O=C1OC(=O)c2cc([Si](Cl)Cl)ccc21.[Na+].[Na+].[Na+].[Na+].[Y].[Y]. The maximum Gasteiger partial charge on any atom is 1.00 e. The van der Waals surface area contributed by atoms with Crippen molar-refractivity contribution in [3.63, 3.8) is 0 Å². The van der Waals surface area contributed by atoms with Crippen molar-refractivity contribution in [2.75, 3.05) is 21.3 Å². The molecule has 2 aromatic carbocycles. The van der Waals surface area contributed by atoms with Crippen LogP contribution in [0.4, 0.5) is 0 Å². The zero-order chi connectivity index (χ0) is 47.5. The van der Waals surface area contributed by atoms with Crippen LogP contribution in [-0.2, 0) is 125 Å². The van der Waals surface area contributed by atoms with Crippen LogP contribution in [0.1, 0.15) is 26.3 Å². The van der Waals surface area contributed by atoms with Gasteiger partial charge in [-0.25, -0.2) is 9.59 Å². The quantitative estimate of drug-likeness (QED) is 0.117. The van der Waals surface area contributed by atoms with Gasteiger partial charge in [-0.15, -0.1) is 44.3 Å². The molecule has 0 spiro atoms. The summed E-state index contributed by atoms with van der Waals surface area (Å²) in [6.45, 7) is 13.6. The van der Waals surface area contributed by atoms with Gasteiger partial charge in [0.15, 0.2) is 0 Å². The van der Waals surface area contributed by atoms with Gasteiger partial charge < -0.3 is 78.3 Å². The van der Waals surface area contributed by atoms with Crippen molar-refractivity contribution in [1.29, 1.82) is 0 Å². The van der Waals surface area contributed by atoms with Crippen molar-refractivity contribution in [2.45, 2.75) is 65.8 Å². The van der Waals surface area contributed by atoms with Gasteiger partial charge in [0.05, 0.1) is 11.1 Å². The number of aryl methyl sites for hydroxylation is 1. The number of halogens is 4. The summed E-state index contributed by atoms with van der Waals surface area (Å²) >= 11 is 22.9. The van der Waals surface area contributed by atoms with Crippen molar-refractivity contribution in [3.05, 3.63) is 59.2 Å². The molecule has 4 radical (unpaired) electrons. The van der Waals surface area contributed by atoms with E-state index in [-0.39, 0.29) is 195 Å². The minimum absolute atomic E-state index is 0. The zero-order valence-electron chi connectivity index (χ0n) is 40.9. The van der Waals surface area contributed by atoms with Crippen LogP contribution in [0.5, 0.6) is 0 Å². The molecule has 9 rings (SSSR count). The number of carbonyl (C=O) groups is 2. The van der Waals surface area contributed by atoms with Crippen molar-refractivity contribution in [2.24, 2.45) is 0 Å². The molecule has 0 aromatic heterocycles. The second-order valence-electron chi connectivity index (χ2n) is 14.2. The molecule has 0 N–H and O–H groups in total. The van der Waals surface area contributed by atoms with E-state index < -0.39 is 106 Å². The number of ether oxygens (including phenoxy) is 1. The number of hydrogen-bond donors (Lipinski definition) is 0. The van der Waals surface area contributed by atoms with Crippen LogP contribution in [0, 0.1) is 6.92 Å². The second-order valence-corrected chi connectivity index (χ2v) is 47.0. The smallest absolute Gasteiger partial charge is 0.818 e. The van der Waals surface area contributed by atoms with E-state index in [0.29, 0.717) is 5.19 Å². The summed E-state index contributed by atoms with van der Waals surface area (Å²) in [7, 11) is -34.3. The summed E-state index contributed by atoms with van der Waals surface area (Å²) in [5.41, 5.74) is 1.76. The molecule has 7 heterocycles. The molecular weight excluding hydrogens is 1360 g/mol. The third kappa shape index (κ3) is 26.5. The number of benzene rings is 2. The Bertz CT molecular complexity index is 1760. The van der Waals surface area contributed by atoms with E-state index in [1.54, 1.807) is 27.4 Å². The summed E-state index contributed by atoms with van der Waals surface area (Å²) in [6.07, 6.45) is 0. The van der Waals surface area contributed by atoms with Gasteiger partial charge in [-0.1, -0.05) is 35.9 Å². The molecule has 41 heteroatoms. The summed E-state index contributed by atoms with van der Waals surface area (Å²) in [4.78, 5) is 74.6. The van der Waals surface area contributed by atoms with Gasteiger partial charge in [0.1, 0.15) is 0 Å². The maximum absolute atomic E-state index is 13.1. The number of carbonyl (C=O) groups excluding carboxylic acids is 2. The molecule has 2 aromatic rings. The molecule has 20 nitrogen and oxygen atoms in total. The fraction of sp³-hybridized carbons (Fsp3) is 0.481. The molecule has 7 aliphatic heterocycles. The van der Waals surface area contributed by atoms with Crippen molar-refractivity contribution in [1.82, 2.24) is 0 Å². The molecule has 0 atom stereocenters. The summed E-state index contributed by atoms with van der Waals surface area (Å²) < 4.78 is 75.6. The van der Waals surface area contributed by atoms with Gasteiger partial charge in [0.25, 0.3) is 0 Å². The van der Waals surface area contributed by atoms with Crippen LogP contribution in [-0.4, -0.2) is 127 Å². The Morgan fingerprint density at radius 1 is 0.485 bits per heavy atom. The van der Waals surface area contributed by atoms with Gasteiger partial charge in [-0.3, -0.25) is 0 Å². The molecule has 0 unspecified atom stereocenters. The summed E-state index contributed by atoms with van der Waals surface area (Å²) in [5.74, 6) is -1.25. The Hall–Kier alpha value is 6.65. The molecule has 4 bridgehead atoms. The fourth-order valence-electron chi connectivity index (χ4n) is 5.83. The van der Waals surface area contributed by atoms with Crippen molar-refractivity contribution < 1.29 is 272 Å². The van der Waals surface area contributed by atoms with Gasteiger partial charge in [-0.2, -0.15) is 0 Å². The minimum atomic E-state index is -4.31. The van der Waals surface area contributed by atoms with Crippen LogP contribution in [0.2, 0.25) is 58.9 Å². The molecule has 6 fully saturated rings. The Morgan fingerprint density at radius 3 is 1.00 bits per heavy atom. The topological polar surface area (TPSA) is 256 Å². The standard InChI is InChI=1S/C8H3Cl2O3Si.C8H24O14Si8.C7H7Cl2Si.C4H12O3Si.4Na.2Y/c9-14(10)4-1-2-5-6(3-4)8(12)13-7(5)11;1-23(9)13-27(5)15-24(2,10)16-28(6,14-23)22-30(8)18-25(3,11)17-29(7,21-27)19-26(4,12)20-30;1-6-2-4-7(5-3-6)10(8)9;1-5-8(4,6-2)7-3;;;;;;/h1-3H;1-8H3;2-5H,1H3;1-4H3;;;;;;/q;-4;;;4*+1;;. The predicted octanol–water partition coefficient (Wildman–Crippen LogP) is -12.0.